The number of para-hydroxylation sites is 1. The van der Waals surface area contributed by atoms with Gasteiger partial charge in [-0.05, 0) is 54.1 Å². The molecule has 0 aliphatic heterocycles. The number of benzene rings is 3. The smallest absolute Gasteiger partial charge is 0.258 e. The van der Waals surface area contributed by atoms with Gasteiger partial charge in [-0.3, -0.25) is 4.79 Å². The van der Waals surface area contributed by atoms with Crippen LogP contribution in [0.15, 0.2) is 91.3 Å². The van der Waals surface area contributed by atoms with Crippen LogP contribution in [0.5, 0.6) is 23.0 Å². The summed E-state index contributed by atoms with van der Waals surface area (Å²) in [6.45, 7) is -0.135. The van der Waals surface area contributed by atoms with E-state index in [0.717, 1.165) is 11.3 Å². The highest BCUT2D eigenvalue weighted by atomic mass is 16.5. The molecular weight excluding hydrogens is 418 g/mol. The Hall–Kier alpha value is -4.26. The zero-order chi connectivity index (χ0) is 23.0. The number of imidazole rings is 1. The van der Waals surface area contributed by atoms with Crippen molar-refractivity contribution in [1.82, 2.24) is 14.9 Å². The van der Waals surface area contributed by atoms with Crippen molar-refractivity contribution in [3.8, 4) is 23.0 Å². The van der Waals surface area contributed by atoms with Crippen molar-refractivity contribution in [2.45, 2.75) is 6.04 Å². The van der Waals surface area contributed by atoms with Crippen LogP contribution in [-0.2, 0) is 11.8 Å². The largest absolute Gasteiger partial charge is 0.497 e. The average molecular weight is 444 g/mol. The molecule has 4 aromatic rings. The Kier molecular flexibility index (Phi) is 6.90. The Morgan fingerprint density at radius 2 is 1.64 bits per heavy atom. The number of ether oxygens (including phenoxy) is 3. The van der Waals surface area contributed by atoms with Gasteiger partial charge in [0.1, 0.15) is 34.9 Å². The third-order valence-corrected chi connectivity index (χ3v) is 5.02. The van der Waals surface area contributed by atoms with Crippen LogP contribution in [0.4, 0.5) is 0 Å². The van der Waals surface area contributed by atoms with E-state index in [1.807, 2.05) is 72.4 Å². The number of methoxy groups -OCH3 is 1. The van der Waals surface area contributed by atoms with Crippen molar-refractivity contribution in [1.29, 1.82) is 0 Å². The SMILES string of the molecule is COc1cccc([C@H](NC(=O)COc2ccc(Oc3ccccc3)cc2)c2nccn2C)c1. The normalized spacial score (nSPS) is 11.5. The van der Waals surface area contributed by atoms with Crippen molar-refractivity contribution in [2.24, 2.45) is 7.05 Å². The van der Waals surface area contributed by atoms with Crippen LogP contribution in [-0.4, -0.2) is 29.2 Å². The van der Waals surface area contributed by atoms with Crippen molar-refractivity contribution in [3.05, 3.63) is 103 Å². The summed E-state index contributed by atoms with van der Waals surface area (Å²) in [4.78, 5) is 17.2. The first kappa shape index (κ1) is 22.0. The van der Waals surface area contributed by atoms with E-state index >= 15 is 0 Å². The number of aromatic nitrogens is 2. The van der Waals surface area contributed by atoms with Crippen molar-refractivity contribution in [2.75, 3.05) is 13.7 Å². The Bertz CT molecular complexity index is 1190. The van der Waals surface area contributed by atoms with Crippen molar-refractivity contribution in [3.63, 3.8) is 0 Å². The molecule has 168 valence electrons. The zero-order valence-electron chi connectivity index (χ0n) is 18.5. The summed E-state index contributed by atoms with van der Waals surface area (Å²) in [5.74, 6) is 3.15. The number of hydrogen-bond donors (Lipinski definition) is 1. The molecule has 0 fully saturated rings. The van der Waals surface area contributed by atoms with Gasteiger partial charge >= 0.3 is 0 Å². The Morgan fingerprint density at radius 3 is 2.33 bits per heavy atom. The summed E-state index contributed by atoms with van der Waals surface area (Å²) in [5, 5.41) is 3.01. The van der Waals surface area contributed by atoms with Gasteiger partial charge < -0.3 is 24.1 Å². The molecule has 0 radical (unpaired) electrons. The van der Waals surface area contributed by atoms with Gasteiger partial charge in [-0.2, -0.15) is 0 Å². The number of nitrogens with zero attached hydrogens (tertiary/aromatic N) is 2. The molecule has 0 spiro atoms. The molecule has 0 aliphatic rings. The highest BCUT2D eigenvalue weighted by Crippen LogP contribution is 2.25. The van der Waals surface area contributed by atoms with E-state index in [-0.39, 0.29) is 12.5 Å². The van der Waals surface area contributed by atoms with Gasteiger partial charge in [0.25, 0.3) is 5.91 Å². The summed E-state index contributed by atoms with van der Waals surface area (Å²) in [6.07, 6.45) is 3.54. The molecule has 0 aliphatic carbocycles. The Balaban J connectivity index is 1.40. The van der Waals surface area contributed by atoms with Crippen LogP contribution in [0.2, 0.25) is 0 Å². The van der Waals surface area contributed by atoms with Gasteiger partial charge in [-0.15, -0.1) is 0 Å². The first-order valence-electron chi connectivity index (χ1n) is 10.5. The second kappa shape index (κ2) is 10.4. The molecule has 7 nitrogen and oxygen atoms in total. The van der Waals surface area contributed by atoms with Crippen LogP contribution in [0.25, 0.3) is 0 Å². The summed E-state index contributed by atoms with van der Waals surface area (Å²) < 4.78 is 18.7. The highest BCUT2D eigenvalue weighted by Gasteiger charge is 2.21. The quantitative estimate of drug-likeness (QED) is 0.412. The molecule has 1 aromatic heterocycles. The third-order valence-electron chi connectivity index (χ3n) is 5.02. The van der Waals surface area contributed by atoms with Gasteiger partial charge in [0.2, 0.25) is 0 Å². The monoisotopic (exact) mass is 443 g/mol. The third kappa shape index (κ3) is 5.71. The standard InChI is InChI=1S/C26H25N3O4/c1-29-16-15-27-26(29)25(19-7-6-10-23(17-19)31-2)28-24(30)18-32-20-11-13-22(14-12-20)33-21-8-4-3-5-9-21/h3-17,25H,18H2,1-2H3,(H,28,30)/t25-/m0/s1. The van der Waals surface area contributed by atoms with E-state index in [1.54, 1.807) is 37.6 Å². The second-order valence-corrected chi connectivity index (χ2v) is 7.35. The summed E-state index contributed by atoms with van der Waals surface area (Å²) in [6, 6.07) is 23.8. The fourth-order valence-corrected chi connectivity index (χ4v) is 3.35. The van der Waals surface area contributed by atoms with E-state index in [0.29, 0.717) is 23.1 Å². The van der Waals surface area contributed by atoms with E-state index in [1.165, 1.54) is 0 Å². The van der Waals surface area contributed by atoms with Crippen LogP contribution < -0.4 is 19.5 Å². The van der Waals surface area contributed by atoms with Gasteiger partial charge in [-0.25, -0.2) is 4.98 Å². The number of aryl methyl sites for hydroxylation is 1. The van der Waals surface area contributed by atoms with Crippen LogP contribution >= 0.6 is 0 Å². The zero-order valence-corrected chi connectivity index (χ0v) is 18.5. The summed E-state index contributed by atoms with van der Waals surface area (Å²) in [5.41, 5.74) is 0.861. The second-order valence-electron chi connectivity index (χ2n) is 7.35. The maximum Gasteiger partial charge on any atom is 0.258 e. The van der Waals surface area contributed by atoms with Gasteiger partial charge in [0.05, 0.1) is 7.11 Å². The molecular formula is C26H25N3O4. The molecule has 1 N–H and O–H groups in total. The molecule has 0 unspecified atom stereocenters. The molecule has 4 rings (SSSR count). The molecule has 7 heteroatoms. The number of rotatable bonds is 9. The van der Waals surface area contributed by atoms with E-state index in [9.17, 15) is 4.79 Å². The lowest BCUT2D eigenvalue weighted by molar-refractivity contribution is -0.123. The average Bonchev–Trinajstić information content (AvgIpc) is 3.28. The summed E-state index contributed by atoms with van der Waals surface area (Å²) in [7, 11) is 3.49. The predicted octanol–water partition coefficient (Wildman–Crippen LogP) is 4.51. The number of carbonyl (C=O) groups excluding carboxylic acids is 1. The lowest BCUT2D eigenvalue weighted by Gasteiger charge is -2.20. The predicted molar refractivity (Wildman–Crippen MR) is 125 cm³/mol. The molecule has 1 amide bonds. The fraction of sp³-hybridized carbons (Fsp3) is 0.154. The minimum Gasteiger partial charge on any atom is -0.497 e. The first-order valence-corrected chi connectivity index (χ1v) is 10.5. The van der Waals surface area contributed by atoms with Crippen molar-refractivity contribution < 1.29 is 19.0 Å². The minimum absolute atomic E-state index is 0.135. The number of amides is 1. The van der Waals surface area contributed by atoms with Gasteiger partial charge in [0.15, 0.2) is 6.61 Å². The van der Waals surface area contributed by atoms with Gasteiger partial charge in [-0.1, -0.05) is 30.3 Å². The number of hydrogen-bond acceptors (Lipinski definition) is 5. The molecule has 0 saturated heterocycles. The molecule has 3 aromatic carbocycles. The van der Waals surface area contributed by atoms with Gasteiger partial charge in [0, 0.05) is 19.4 Å². The molecule has 1 heterocycles. The van der Waals surface area contributed by atoms with E-state index in [2.05, 4.69) is 10.3 Å². The lowest BCUT2D eigenvalue weighted by Crippen LogP contribution is -2.34. The van der Waals surface area contributed by atoms with Crippen LogP contribution in [0.1, 0.15) is 17.4 Å². The highest BCUT2D eigenvalue weighted by molar-refractivity contribution is 5.78. The van der Waals surface area contributed by atoms with E-state index < -0.39 is 6.04 Å². The topological polar surface area (TPSA) is 74.6 Å². The molecule has 0 bridgehead atoms. The van der Waals surface area contributed by atoms with E-state index in [4.69, 9.17) is 14.2 Å². The molecule has 1 atom stereocenters. The Morgan fingerprint density at radius 1 is 0.939 bits per heavy atom. The maximum atomic E-state index is 12.7. The number of carbonyl (C=O) groups is 1. The van der Waals surface area contributed by atoms with Crippen LogP contribution in [0.3, 0.4) is 0 Å². The van der Waals surface area contributed by atoms with Crippen molar-refractivity contribution >= 4 is 5.91 Å². The number of nitrogens with one attached hydrogen (secondary N) is 1. The summed E-state index contributed by atoms with van der Waals surface area (Å²) >= 11 is 0. The molecule has 0 saturated carbocycles. The maximum absolute atomic E-state index is 12.7. The lowest BCUT2D eigenvalue weighted by atomic mass is 10.1. The fourth-order valence-electron chi connectivity index (χ4n) is 3.35. The van der Waals surface area contributed by atoms with Crippen LogP contribution in [0, 0.1) is 0 Å². The molecule has 33 heavy (non-hydrogen) atoms. The Labute approximate surface area is 192 Å². The first-order chi connectivity index (χ1) is 16.1. The minimum atomic E-state index is -0.446.